The summed E-state index contributed by atoms with van der Waals surface area (Å²) in [4.78, 5) is 43.9. The van der Waals surface area contributed by atoms with Crippen LogP contribution in [0.1, 0.15) is 105 Å². The number of aromatic carboxylic acids is 1. The van der Waals surface area contributed by atoms with Crippen LogP contribution in [0.3, 0.4) is 0 Å². The smallest absolute Gasteiger partial charge is 0.348 e. The summed E-state index contributed by atoms with van der Waals surface area (Å²) >= 11 is 1.34. The highest BCUT2D eigenvalue weighted by atomic mass is 32.1. The topological polar surface area (TPSA) is 77.9 Å². The molecule has 1 saturated heterocycles. The molecule has 1 aromatic heterocycles. The van der Waals surface area contributed by atoms with Crippen LogP contribution in [-0.4, -0.2) is 47.4 Å². The van der Waals surface area contributed by atoms with Crippen molar-refractivity contribution in [3.8, 4) is 0 Å². The third kappa shape index (κ3) is 5.00. The predicted molar refractivity (Wildman–Crippen MR) is 143 cm³/mol. The number of rotatable bonds is 5. The fourth-order valence-electron chi connectivity index (χ4n) is 7.04. The Balaban J connectivity index is 1.46. The maximum Gasteiger partial charge on any atom is 0.348 e. The van der Waals surface area contributed by atoms with Crippen LogP contribution in [0.2, 0.25) is 0 Å². The highest BCUT2D eigenvalue weighted by Crippen LogP contribution is 2.47. The van der Waals surface area contributed by atoms with E-state index < -0.39 is 5.97 Å². The molecule has 7 heteroatoms. The molecule has 6 nitrogen and oxygen atoms in total. The molecule has 3 fully saturated rings. The van der Waals surface area contributed by atoms with E-state index in [9.17, 15) is 19.5 Å². The third-order valence-electron chi connectivity index (χ3n) is 9.28. The van der Waals surface area contributed by atoms with Gasteiger partial charge >= 0.3 is 5.97 Å². The first-order valence-electron chi connectivity index (χ1n) is 13.9. The zero-order valence-electron chi connectivity index (χ0n) is 21.8. The summed E-state index contributed by atoms with van der Waals surface area (Å²) in [5.41, 5.74) is 1.85. The Kier molecular flexibility index (Phi) is 7.30. The number of carboxylic acid groups (broad SMARTS) is 1. The molecular weight excluding hydrogens is 472 g/mol. The minimum atomic E-state index is -0.942. The summed E-state index contributed by atoms with van der Waals surface area (Å²) in [6, 6.07) is 2.00. The van der Waals surface area contributed by atoms with Crippen molar-refractivity contribution in [1.29, 1.82) is 0 Å². The number of hydrogen-bond donors (Lipinski definition) is 1. The number of hydrogen-bond acceptors (Lipinski definition) is 4. The standard InChI is InChI=1S/C29H40N2O4S/c1-19-8-10-21(11-9-19)27(33)31(22-12-14-29(15-13-22)17-25(32)30(2)18-29)23-16-24(36-26(23)28(34)35)20-6-4-3-5-7-20/h6,16,19,21-22H,3-5,7-15,17-18H2,1-2H3,(H,34,35)/t19-,21-,22-,29-. The molecule has 4 aliphatic rings. The molecule has 0 unspecified atom stereocenters. The zero-order valence-corrected chi connectivity index (χ0v) is 22.6. The van der Waals surface area contributed by atoms with Gasteiger partial charge in [0.05, 0.1) is 5.69 Å². The largest absolute Gasteiger partial charge is 0.477 e. The number of allylic oxidation sites excluding steroid dienone is 2. The van der Waals surface area contributed by atoms with Gasteiger partial charge in [-0.05, 0) is 100 Å². The molecule has 196 valence electrons. The van der Waals surface area contributed by atoms with Crippen molar-refractivity contribution in [3.05, 3.63) is 21.9 Å². The van der Waals surface area contributed by atoms with Gasteiger partial charge in [-0.15, -0.1) is 11.3 Å². The van der Waals surface area contributed by atoms with Crippen LogP contribution in [0.25, 0.3) is 5.57 Å². The predicted octanol–water partition coefficient (Wildman–Crippen LogP) is 6.35. The monoisotopic (exact) mass is 512 g/mol. The number of carbonyl (C=O) groups is 3. The minimum Gasteiger partial charge on any atom is -0.477 e. The van der Waals surface area contributed by atoms with Gasteiger partial charge in [0, 0.05) is 36.9 Å². The molecule has 2 heterocycles. The van der Waals surface area contributed by atoms with E-state index in [0.29, 0.717) is 22.9 Å². The normalized spacial score (nSPS) is 30.9. The number of likely N-dealkylation sites (tertiary alicyclic amines) is 1. The molecule has 1 spiro atoms. The van der Waals surface area contributed by atoms with Gasteiger partial charge in [0.2, 0.25) is 11.8 Å². The minimum absolute atomic E-state index is 0.00984. The van der Waals surface area contributed by atoms with Gasteiger partial charge in [-0.25, -0.2) is 4.79 Å². The molecule has 3 aliphatic carbocycles. The first kappa shape index (κ1) is 25.5. The zero-order chi connectivity index (χ0) is 25.4. The summed E-state index contributed by atoms with van der Waals surface area (Å²) in [7, 11) is 1.88. The van der Waals surface area contributed by atoms with Crippen molar-refractivity contribution in [2.24, 2.45) is 17.3 Å². The van der Waals surface area contributed by atoms with Crippen molar-refractivity contribution in [2.45, 2.75) is 96.4 Å². The number of thiophene rings is 1. The van der Waals surface area contributed by atoms with Gasteiger partial charge in [-0.2, -0.15) is 0 Å². The van der Waals surface area contributed by atoms with Gasteiger partial charge in [-0.3, -0.25) is 9.59 Å². The van der Waals surface area contributed by atoms with Gasteiger partial charge in [0.1, 0.15) is 4.88 Å². The SMILES string of the molecule is CN1C[C@]2(CC[C@H](N(c3cc(C4=CCCCC4)sc3C(=O)O)C(=O)[C@H]3CC[C@H](C)CC3)CC2)CC1=O. The highest BCUT2D eigenvalue weighted by molar-refractivity contribution is 7.15. The molecule has 0 radical (unpaired) electrons. The van der Waals surface area contributed by atoms with Crippen molar-refractivity contribution in [1.82, 2.24) is 4.90 Å². The Morgan fingerprint density at radius 1 is 1.11 bits per heavy atom. The Morgan fingerprint density at radius 2 is 1.83 bits per heavy atom. The Labute approximate surface area is 218 Å². The van der Waals surface area contributed by atoms with Crippen molar-refractivity contribution in [3.63, 3.8) is 0 Å². The first-order valence-corrected chi connectivity index (χ1v) is 14.7. The molecule has 0 aromatic carbocycles. The van der Waals surface area contributed by atoms with E-state index >= 15 is 0 Å². The Bertz CT molecular complexity index is 1040. The lowest BCUT2D eigenvalue weighted by Gasteiger charge is -2.42. The summed E-state index contributed by atoms with van der Waals surface area (Å²) in [6.07, 6.45) is 14.5. The summed E-state index contributed by atoms with van der Waals surface area (Å²) < 4.78 is 0. The number of carbonyl (C=O) groups excluding carboxylic acids is 2. The number of anilines is 1. The summed E-state index contributed by atoms with van der Waals surface area (Å²) in [5.74, 6) is 0.00809. The van der Waals surface area contributed by atoms with Gasteiger partial charge in [0.15, 0.2) is 0 Å². The maximum atomic E-state index is 14.1. The van der Waals surface area contributed by atoms with E-state index in [1.54, 1.807) is 0 Å². The summed E-state index contributed by atoms with van der Waals surface area (Å²) in [5, 5.41) is 10.2. The second-order valence-corrected chi connectivity index (χ2v) is 13.0. The first-order chi connectivity index (χ1) is 17.3. The molecule has 1 N–H and O–H groups in total. The van der Waals surface area contributed by atoms with Crippen molar-refractivity contribution in [2.75, 3.05) is 18.5 Å². The molecule has 1 aliphatic heterocycles. The lowest BCUT2D eigenvalue weighted by Crippen LogP contribution is -2.48. The van der Waals surface area contributed by atoms with Crippen LogP contribution >= 0.6 is 11.3 Å². The Morgan fingerprint density at radius 3 is 2.42 bits per heavy atom. The maximum absolute atomic E-state index is 14.1. The van der Waals surface area contributed by atoms with Crippen molar-refractivity contribution < 1.29 is 19.5 Å². The molecular formula is C29H40N2O4S. The van der Waals surface area contributed by atoms with Gasteiger partial charge in [-0.1, -0.05) is 13.0 Å². The molecule has 1 aromatic rings. The molecule has 0 atom stereocenters. The Hall–Kier alpha value is -2.15. The average Bonchev–Trinajstić information content (AvgIpc) is 3.43. The van der Waals surface area contributed by atoms with Gasteiger partial charge in [0.25, 0.3) is 0 Å². The number of carboxylic acids is 1. The van der Waals surface area contributed by atoms with E-state index in [1.807, 2.05) is 22.9 Å². The molecule has 2 amide bonds. The van der Waals surface area contributed by atoms with Crippen LogP contribution in [-0.2, 0) is 9.59 Å². The van der Waals surface area contributed by atoms with Gasteiger partial charge < -0.3 is 14.9 Å². The van der Waals surface area contributed by atoms with E-state index in [0.717, 1.165) is 82.1 Å². The van der Waals surface area contributed by atoms with E-state index in [4.69, 9.17) is 0 Å². The molecule has 36 heavy (non-hydrogen) atoms. The lowest BCUT2D eigenvalue weighted by molar-refractivity contribution is -0.127. The van der Waals surface area contributed by atoms with Crippen LogP contribution in [0.5, 0.6) is 0 Å². The molecule has 0 bridgehead atoms. The van der Waals surface area contributed by atoms with Crippen LogP contribution in [0, 0.1) is 17.3 Å². The van der Waals surface area contributed by atoms with Crippen molar-refractivity contribution >= 4 is 40.4 Å². The third-order valence-corrected chi connectivity index (χ3v) is 10.5. The molecule has 5 rings (SSSR count). The molecule has 2 saturated carbocycles. The van der Waals surface area contributed by atoms with E-state index in [2.05, 4.69) is 13.0 Å². The van der Waals surface area contributed by atoms with Crippen LogP contribution in [0.15, 0.2) is 12.1 Å². The number of amides is 2. The quantitative estimate of drug-likeness (QED) is 0.498. The van der Waals surface area contributed by atoms with E-state index in [1.165, 1.54) is 23.3 Å². The highest BCUT2D eigenvalue weighted by Gasteiger charge is 2.46. The lowest BCUT2D eigenvalue weighted by atomic mass is 9.71. The number of nitrogens with zero attached hydrogens (tertiary/aromatic N) is 2. The second kappa shape index (κ2) is 10.3. The fourth-order valence-corrected chi connectivity index (χ4v) is 8.10. The average molecular weight is 513 g/mol. The second-order valence-electron chi connectivity index (χ2n) is 11.9. The summed E-state index contributed by atoms with van der Waals surface area (Å²) in [6.45, 7) is 3.05. The van der Waals surface area contributed by atoms with E-state index in [-0.39, 0.29) is 29.2 Å². The fraction of sp³-hybridized carbons (Fsp3) is 0.690. The van der Waals surface area contributed by atoms with Crippen LogP contribution < -0.4 is 4.90 Å². The van der Waals surface area contributed by atoms with Crippen LogP contribution in [0.4, 0.5) is 5.69 Å².